The second-order valence-electron chi connectivity index (χ2n) is 10.4. The average Bonchev–Trinajstić information content (AvgIpc) is 2.88. The van der Waals surface area contributed by atoms with Crippen LogP contribution in [0.15, 0.2) is 18.2 Å². The van der Waals surface area contributed by atoms with Crippen LogP contribution in [0, 0.1) is 5.41 Å². The Balaban J connectivity index is 1.56. The van der Waals surface area contributed by atoms with E-state index in [0.717, 1.165) is 39.0 Å². The molecule has 2 aliphatic heterocycles. The highest BCUT2D eigenvalue weighted by Crippen LogP contribution is 2.49. The van der Waals surface area contributed by atoms with E-state index in [1.54, 1.807) is 4.90 Å². The number of methoxy groups -OCH3 is 1. The Bertz CT molecular complexity index is 784. The predicted molar refractivity (Wildman–Crippen MR) is 135 cm³/mol. The maximum Gasteiger partial charge on any atom is 0.407 e. The fraction of sp³-hybridized carbons (Fsp3) is 0.741. The maximum atomic E-state index is 11.4. The molecule has 0 spiro atoms. The first-order chi connectivity index (χ1) is 16.0. The molecule has 1 saturated carbocycles. The zero-order valence-electron chi connectivity index (χ0n) is 20.9. The van der Waals surface area contributed by atoms with Crippen molar-refractivity contribution in [2.75, 3.05) is 56.2 Å². The van der Waals surface area contributed by atoms with E-state index in [0.29, 0.717) is 30.5 Å². The molecule has 6 nitrogen and oxygen atoms in total. The fourth-order valence-electron chi connectivity index (χ4n) is 6.34. The number of ether oxygens (including phenoxy) is 1. The molecule has 1 N–H and O–H groups in total. The number of carboxylic acid groups (broad SMARTS) is 1. The van der Waals surface area contributed by atoms with Gasteiger partial charge < -0.3 is 24.5 Å². The molecule has 33 heavy (non-hydrogen) atoms. The predicted octanol–water partition coefficient (Wildman–Crippen LogP) is 5.57. The van der Waals surface area contributed by atoms with Gasteiger partial charge in [-0.1, -0.05) is 26.7 Å². The molecule has 1 amide bonds. The molecule has 0 unspecified atom stereocenters. The van der Waals surface area contributed by atoms with Gasteiger partial charge in [0.1, 0.15) is 0 Å². The number of nitrogens with zero attached hydrogens (tertiary/aromatic N) is 3. The Morgan fingerprint density at radius 2 is 1.61 bits per heavy atom. The summed E-state index contributed by atoms with van der Waals surface area (Å²) < 4.78 is 5.58. The van der Waals surface area contributed by atoms with Crippen LogP contribution in [0.25, 0.3) is 0 Å². The van der Waals surface area contributed by atoms with Gasteiger partial charge in [0.2, 0.25) is 0 Å². The van der Waals surface area contributed by atoms with Crippen molar-refractivity contribution < 1.29 is 14.6 Å². The van der Waals surface area contributed by atoms with Gasteiger partial charge in [0, 0.05) is 57.8 Å². The van der Waals surface area contributed by atoms with Crippen molar-refractivity contribution in [1.82, 2.24) is 4.90 Å². The Morgan fingerprint density at radius 3 is 2.15 bits per heavy atom. The first kappa shape index (κ1) is 24.2. The number of piperazine rings is 1. The molecule has 1 aromatic rings. The average molecular weight is 458 g/mol. The minimum Gasteiger partial charge on any atom is -0.465 e. The lowest BCUT2D eigenvalue weighted by atomic mass is 9.66. The van der Waals surface area contributed by atoms with Gasteiger partial charge in [-0.25, -0.2) is 4.79 Å². The topological polar surface area (TPSA) is 56.2 Å². The van der Waals surface area contributed by atoms with E-state index < -0.39 is 6.09 Å². The summed E-state index contributed by atoms with van der Waals surface area (Å²) in [6.07, 6.45) is 9.50. The van der Waals surface area contributed by atoms with Crippen LogP contribution in [0.1, 0.15) is 76.7 Å². The van der Waals surface area contributed by atoms with E-state index in [1.165, 1.54) is 55.5 Å². The van der Waals surface area contributed by atoms with Gasteiger partial charge in [-0.2, -0.15) is 0 Å². The van der Waals surface area contributed by atoms with Gasteiger partial charge in [-0.3, -0.25) is 0 Å². The molecule has 1 aromatic carbocycles. The molecule has 2 saturated heterocycles. The van der Waals surface area contributed by atoms with Gasteiger partial charge in [0.05, 0.1) is 6.10 Å². The summed E-state index contributed by atoms with van der Waals surface area (Å²) in [4.78, 5) is 17.9. The number of amides is 1. The standard InChI is InChI=1S/C27H43N3O3/c1-4-27(5-2)12-8-21(9-13-27)24-20-22(28-14-10-23(33-3)11-15-28)6-7-25(24)29-16-18-30(19-17-29)26(31)32/h6-7,20-21,23H,4-5,8-19H2,1-3H3,(H,31,32). The summed E-state index contributed by atoms with van der Waals surface area (Å²) in [5.41, 5.74) is 4.70. The summed E-state index contributed by atoms with van der Waals surface area (Å²) in [6.45, 7) is 9.54. The van der Waals surface area contributed by atoms with E-state index in [1.807, 2.05) is 7.11 Å². The highest BCUT2D eigenvalue weighted by Gasteiger charge is 2.34. The molecule has 0 atom stereocenters. The number of hydrogen-bond acceptors (Lipinski definition) is 4. The summed E-state index contributed by atoms with van der Waals surface area (Å²) in [7, 11) is 1.83. The smallest absolute Gasteiger partial charge is 0.407 e. The highest BCUT2D eigenvalue weighted by atomic mass is 16.5. The number of carbonyl (C=O) groups is 1. The van der Waals surface area contributed by atoms with Gasteiger partial charge in [0.15, 0.2) is 0 Å². The van der Waals surface area contributed by atoms with Crippen molar-refractivity contribution in [3.05, 3.63) is 23.8 Å². The quantitative estimate of drug-likeness (QED) is 0.606. The number of piperidine rings is 1. The van der Waals surface area contributed by atoms with Crippen molar-refractivity contribution in [2.45, 2.75) is 77.2 Å². The first-order valence-electron chi connectivity index (χ1n) is 13.1. The lowest BCUT2D eigenvalue weighted by Gasteiger charge is -2.42. The number of benzene rings is 1. The minimum atomic E-state index is -0.799. The minimum absolute atomic E-state index is 0.389. The normalized spacial score (nSPS) is 22.6. The third-order valence-electron chi connectivity index (χ3n) is 9.03. The summed E-state index contributed by atoms with van der Waals surface area (Å²) in [6, 6.07) is 7.09. The van der Waals surface area contributed by atoms with Crippen LogP contribution in [-0.2, 0) is 4.74 Å². The Labute approximate surface area is 199 Å². The molecule has 184 valence electrons. The molecule has 0 bridgehead atoms. The largest absolute Gasteiger partial charge is 0.465 e. The Kier molecular flexibility index (Phi) is 7.72. The van der Waals surface area contributed by atoms with Crippen LogP contribution in [0.3, 0.4) is 0 Å². The van der Waals surface area contributed by atoms with Crippen molar-refractivity contribution in [2.24, 2.45) is 5.41 Å². The van der Waals surface area contributed by atoms with Gasteiger partial charge >= 0.3 is 6.09 Å². The van der Waals surface area contributed by atoms with Crippen LogP contribution in [0.4, 0.5) is 16.2 Å². The summed E-state index contributed by atoms with van der Waals surface area (Å²) >= 11 is 0. The van der Waals surface area contributed by atoms with Crippen molar-refractivity contribution >= 4 is 17.5 Å². The molecule has 1 aliphatic carbocycles. The number of anilines is 2. The van der Waals surface area contributed by atoms with Crippen molar-refractivity contribution in [3.8, 4) is 0 Å². The third-order valence-corrected chi connectivity index (χ3v) is 9.03. The van der Waals surface area contributed by atoms with E-state index >= 15 is 0 Å². The molecule has 3 fully saturated rings. The Hall–Kier alpha value is -1.95. The highest BCUT2D eigenvalue weighted by molar-refractivity contribution is 5.67. The van der Waals surface area contributed by atoms with Crippen molar-refractivity contribution in [1.29, 1.82) is 0 Å². The van der Waals surface area contributed by atoms with Crippen LogP contribution < -0.4 is 9.80 Å². The molecular weight excluding hydrogens is 414 g/mol. The lowest BCUT2D eigenvalue weighted by Crippen LogP contribution is -2.48. The van der Waals surface area contributed by atoms with E-state index in [2.05, 4.69) is 41.8 Å². The molecule has 3 aliphatic rings. The van der Waals surface area contributed by atoms with Crippen LogP contribution in [0.5, 0.6) is 0 Å². The molecule has 2 heterocycles. The first-order valence-corrected chi connectivity index (χ1v) is 13.1. The second-order valence-corrected chi connectivity index (χ2v) is 10.4. The second kappa shape index (κ2) is 10.5. The van der Waals surface area contributed by atoms with Gasteiger partial charge in [0.25, 0.3) is 0 Å². The van der Waals surface area contributed by atoms with E-state index in [9.17, 15) is 9.90 Å². The third kappa shape index (κ3) is 5.26. The zero-order valence-corrected chi connectivity index (χ0v) is 20.9. The molecular formula is C27H43N3O3. The number of hydrogen-bond donors (Lipinski definition) is 1. The fourth-order valence-corrected chi connectivity index (χ4v) is 6.34. The van der Waals surface area contributed by atoms with Gasteiger partial charge in [-0.05, 0) is 73.6 Å². The van der Waals surface area contributed by atoms with E-state index in [4.69, 9.17) is 4.74 Å². The number of rotatable bonds is 6. The molecule has 6 heteroatoms. The molecule has 0 aromatic heterocycles. The zero-order chi connectivity index (χ0) is 23.4. The molecule has 4 rings (SSSR count). The summed E-state index contributed by atoms with van der Waals surface area (Å²) in [5.74, 6) is 0.597. The van der Waals surface area contributed by atoms with Crippen LogP contribution in [0.2, 0.25) is 0 Å². The van der Waals surface area contributed by atoms with E-state index in [-0.39, 0.29) is 0 Å². The Morgan fingerprint density at radius 1 is 0.970 bits per heavy atom. The van der Waals surface area contributed by atoms with Crippen LogP contribution >= 0.6 is 0 Å². The van der Waals surface area contributed by atoms with Crippen molar-refractivity contribution in [3.63, 3.8) is 0 Å². The summed E-state index contributed by atoms with van der Waals surface area (Å²) in [5, 5.41) is 9.36. The van der Waals surface area contributed by atoms with Crippen LogP contribution in [-0.4, -0.2) is 68.6 Å². The molecule has 0 radical (unpaired) electrons. The monoisotopic (exact) mass is 457 g/mol. The SMILES string of the molecule is CCC1(CC)CCC(c2cc(N3CCC(OC)CC3)ccc2N2CCN(C(=O)O)CC2)CC1. The maximum absolute atomic E-state index is 11.4. The lowest BCUT2D eigenvalue weighted by molar-refractivity contribution is 0.0819. The van der Waals surface area contributed by atoms with Gasteiger partial charge in [-0.15, -0.1) is 0 Å².